The van der Waals surface area contributed by atoms with Crippen LogP contribution in [0.2, 0.25) is 5.02 Å². The Labute approximate surface area is 196 Å². The fraction of sp³-hybridized carbons (Fsp3) is 0.130. The van der Waals surface area contributed by atoms with Gasteiger partial charge in [0.25, 0.3) is 11.5 Å². The number of ether oxygens (including phenoxy) is 1. The monoisotopic (exact) mass is 485 g/mol. The molecule has 4 rings (SSSR count). The predicted molar refractivity (Wildman–Crippen MR) is 125 cm³/mol. The first-order chi connectivity index (χ1) is 15.8. The van der Waals surface area contributed by atoms with Crippen LogP contribution in [0, 0.1) is 12.7 Å². The van der Waals surface area contributed by atoms with Gasteiger partial charge in [0.2, 0.25) is 0 Å². The number of carbonyl (C=O) groups is 2. The van der Waals surface area contributed by atoms with Crippen molar-refractivity contribution in [2.45, 2.75) is 13.8 Å². The molecule has 0 aliphatic carbocycles. The first kappa shape index (κ1) is 22.6. The molecular formula is C23H17ClFN3O4S. The molecule has 0 saturated carbocycles. The number of hydrogen-bond acceptors (Lipinski definition) is 6. The van der Waals surface area contributed by atoms with E-state index in [1.807, 2.05) is 13.0 Å². The summed E-state index contributed by atoms with van der Waals surface area (Å²) in [6.07, 6.45) is 0. The highest BCUT2D eigenvalue weighted by atomic mass is 35.5. The van der Waals surface area contributed by atoms with Crippen molar-refractivity contribution in [3.05, 3.63) is 85.9 Å². The van der Waals surface area contributed by atoms with Crippen LogP contribution < -0.4 is 10.9 Å². The largest absolute Gasteiger partial charge is 0.461 e. The van der Waals surface area contributed by atoms with Gasteiger partial charge in [-0.25, -0.2) is 9.18 Å². The van der Waals surface area contributed by atoms with Crippen LogP contribution in [0.4, 0.5) is 9.39 Å². The molecule has 168 valence electrons. The van der Waals surface area contributed by atoms with Crippen molar-refractivity contribution in [3.63, 3.8) is 0 Å². The second-order valence-corrected chi connectivity index (χ2v) is 8.34. The van der Waals surface area contributed by atoms with E-state index in [4.69, 9.17) is 16.3 Å². The van der Waals surface area contributed by atoms with E-state index in [1.54, 1.807) is 30.5 Å². The van der Waals surface area contributed by atoms with Gasteiger partial charge in [0.15, 0.2) is 5.69 Å². The van der Waals surface area contributed by atoms with Crippen LogP contribution in [0.15, 0.2) is 52.6 Å². The molecule has 0 fully saturated rings. The van der Waals surface area contributed by atoms with Gasteiger partial charge in [0.1, 0.15) is 10.8 Å². The molecule has 0 atom stereocenters. The zero-order chi connectivity index (χ0) is 23.7. The van der Waals surface area contributed by atoms with Crippen LogP contribution in [0.1, 0.15) is 33.3 Å². The van der Waals surface area contributed by atoms with Crippen LogP contribution in [0.5, 0.6) is 0 Å². The molecular weight excluding hydrogens is 469 g/mol. The van der Waals surface area contributed by atoms with Crippen LogP contribution in [-0.2, 0) is 4.74 Å². The summed E-state index contributed by atoms with van der Waals surface area (Å²) in [7, 11) is 0. The minimum absolute atomic E-state index is 0.0401. The number of carbonyl (C=O) groups excluding carboxylic acids is 2. The number of esters is 1. The van der Waals surface area contributed by atoms with Gasteiger partial charge in [-0.15, -0.1) is 11.3 Å². The highest BCUT2D eigenvalue weighted by molar-refractivity contribution is 7.16. The third kappa shape index (κ3) is 4.37. The maximum atomic E-state index is 13.4. The van der Waals surface area contributed by atoms with Crippen LogP contribution in [0.3, 0.4) is 0 Å². The highest BCUT2D eigenvalue weighted by Gasteiger charge is 2.24. The van der Waals surface area contributed by atoms with Gasteiger partial charge in [-0.1, -0.05) is 23.7 Å². The minimum atomic E-state index is -0.693. The Bertz CT molecular complexity index is 1460. The lowest BCUT2D eigenvalue weighted by molar-refractivity contribution is 0.0520. The van der Waals surface area contributed by atoms with Crippen molar-refractivity contribution in [1.82, 2.24) is 9.78 Å². The van der Waals surface area contributed by atoms with Crippen molar-refractivity contribution < 1.29 is 18.7 Å². The first-order valence-corrected chi connectivity index (χ1v) is 11.1. The summed E-state index contributed by atoms with van der Waals surface area (Å²) in [6.45, 7) is 3.65. The molecule has 1 amide bonds. The number of rotatable bonds is 5. The van der Waals surface area contributed by atoms with Gasteiger partial charge in [-0.2, -0.15) is 9.78 Å². The average Bonchev–Trinajstić information content (AvgIpc) is 3.18. The fourth-order valence-corrected chi connectivity index (χ4v) is 4.46. The molecule has 4 aromatic rings. The number of hydrogen-bond donors (Lipinski definition) is 1. The normalized spacial score (nSPS) is 10.9. The summed E-state index contributed by atoms with van der Waals surface area (Å²) in [5.41, 5.74) is 0.814. The SMILES string of the molecule is CCOC(=O)c1nn(-c2cccc(C)c2)c(=O)c2c(NC(=O)c3ccc(F)cc3Cl)scc12. The third-order valence-electron chi connectivity index (χ3n) is 4.77. The molecule has 2 heterocycles. The Kier molecular flexibility index (Phi) is 6.26. The third-order valence-corrected chi connectivity index (χ3v) is 5.98. The molecule has 0 spiro atoms. The van der Waals surface area contributed by atoms with E-state index in [1.165, 1.54) is 6.07 Å². The number of anilines is 1. The summed E-state index contributed by atoms with van der Waals surface area (Å²) in [5.74, 6) is -1.90. The minimum Gasteiger partial charge on any atom is -0.461 e. The molecule has 7 nitrogen and oxygen atoms in total. The van der Waals surface area contributed by atoms with Crippen molar-refractivity contribution in [2.24, 2.45) is 0 Å². The molecule has 0 aliphatic heterocycles. The lowest BCUT2D eigenvalue weighted by Crippen LogP contribution is -2.25. The fourth-order valence-electron chi connectivity index (χ4n) is 3.27. The molecule has 10 heteroatoms. The van der Waals surface area contributed by atoms with E-state index in [0.29, 0.717) is 5.69 Å². The van der Waals surface area contributed by atoms with Gasteiger partial charge < -0.3 is 10.1 Å². The summed E-state index contributed by atoms with van der Waals surface area (Å²) in [4.78, 5) is 38.8. The van der Waals surface area contributed by atoms with Crippen molar-refractivity contribution in [1.29, 1.82) is 0 Å². The molecule has 2 aromatic carbocycles. The topological polar surface area (TPSA) is 90.3 Å². The van der Waals surface area contributed by atoms with Crippen molar-refractivity contribution in [3.8, 4) is 5.69 Å². The molecule has 0 unspecified atom stereocenters. The van der Waals surface area contributed by atoms with E-state index < -0.39 is 23.3 Å². The van der Waals surface area contributed by atoms with E-state index in [-0.39, 0.29) is 38.7 Å². The van der Waals surface area contributed by atoms with Crippen LogP contribution >= 0.6 is 22.9 Å². The van der Waals surface area contributed by atoms with Gasteiger partial charge in [-0.3, -0.25) is 9.59 Å². The maximum absolute atomic E-state index is 13.4. The second-order valence-electron chi connectivity index (χ2n) is 7.06. The van der Waals surface area contributed by atoms with E-state index in [9.17, 15) is 18.8 Å². The van der Waals surface area contributed by atoms with Crippen LogP contribution in [-0.4, -0.2) is 28.3 Å². The quantitative estimate of drug-likeness (QED) is 0.403. The Hall–Kier alpha value is -3.56. The predicted octanol–water partition coefficient (Wildman–Crippen LogP) is 4.98. The molecule has 2 aromatic heterocycles. The number of nitrogens with zero attached hydrogens (tertiary/aromatic N) is 2. The number of aromatic nitrogens is 2. The summed E-state index contributed by atoms with van der Waals surface area (Å²) < 4.78 is 19.6. The van der Waals surface area contributed by atoms with E-state index >= 15 is 0 Å². The van der Waals surface area contributed by atoms with Crippen molar-refractivity contribution in [2.75, 3.05) is 11.9 Å². The molecule has 0 radical (unpaired) electrons. The summed E-state index contributed by atoms with van der Waals surface area (Å²) in [5, 5.41) is 8.96. The van der Waals surface area contributed by atoms with Gasteiger partial charge >= 0.3 is 5.97 Å². The van der Waals surface area contributed by atoms with E-state index in [2.05, 4.69) is 10.4 Å². The first-order valence-electron chi connectivity index (χ1n) is 9.85. The highest BCUT2D eigenvalue weighted by Crippen LogP contribution is 2.31. The van der Waals surface area contributed by atoms with E-state index in [0.717, 1.165) is 33.7 Å². The Morgan fingerprint density at radius 3 is 2.73 bits per heavy atom. The molecule has 1 N–H and O–H groups in total. The van der Waals surface area contributed by atoms with Gasteiger partial charge in [0.05, 0.1) is 28.3 Å². The average molecular weight is 486 g/mol. The molecule has 33 heavy (non-hydrogen) atoms. The lowest BCUT2D eigenvalue weighted by Gasteiger charge is -2.10. The summed E-state index contributed by atoms with van der Waals surface area (Å²) >= 11 is 7.06. The lowest BCUT2D eigenvalue weighted by atomic mass is 10.2. The number of aryl methyl sites for hydroxylation is 1. The number of fused-ring (bicyclic) bond motifs is 1. The number of amides is 1. The van der Waals surface area contributed by atoms with Gasteiger partial charge in [0, 0.05) is 10.8 Å². The zero-order valence-corrected chi connectivity index (χ0v) is 19.1. The molecule has 0 aliphatic rings. The van der Waals surface area contributed by atoms with Crippen molar-refractivity contribution >= 4 is 50.6 Å². The number of benzene rings is 2. The number of halogens is 2. The number of nitrogens with one attached hydrogen (secondary N) is 1. The Balaban J connectivity index is 1.89. The van der Waals surface area contributed by atoms with Crippen LogP contribution in [0.25, 0.3) is 16.5 Å². The zero-order valence-electron chi connectivity index (χ0n) is 17.5. The summed E-state index contributed by atoms with van der Waals surface area (Å²) in [6, 6.07) is 10.4. The van der Waals surface area contributed by atoms with Gasteiger partial charge in [-0.05, 0) is 49.7 Å². The standard InChI is InChI=1S/C23H17ClFN3O4S/c1-3-32-23(31)19-16-11-33-21(26-20(29)15-8-7-13(25)10-17(15)24)18(16)22(30)28(27-19)14-6-4-5-12(2)9-14/h4-11H,3H2,1-2H3,(H,26,29). The maximum Gasteiger partial charge on any atom is 0.359 e. The smallest absolute Gasteiger partial charge is 0.359 e. The molecule has 0 bridgehead atoms. The number of thiophene rings is 1. The second kappa shape index (κ2) is 9.13. The molecule has 0 saturated heterocycles. The Morgan fingerprint density at radius 2 is 2.03 bits per heavy atom. The Morgan fingerprint density at radius 1 is 1.24 bits per heavy atom.